The molecule has 1 rings (SSSR count). The van der Waals surface area contributed by atoms with Gasteiger partial charge in [-0.05, 0) is 19.3 Å². The molecule has 1 N–H and O–H groups in total. The van der Waals surface area contributed by atoms with Crippen LogP contribution in [0, 0.1) is 0 Å². The van der Waals surface area contributed by atoms with E-state index in [-0.39, 0.29) is 12.3 Å². The van der Waals surface area contributed by atoms with Gasteiger partial charge < -0.3 is 9.84 Å². The van der Waals surface area contributed by atoms with Gasteiger partial charge in [0.05, 0.1) is 11.9 Å². The van der Waals surface area contributed by atoms with Crippen molar-refractivity contribution in [1.82, 2.24) is 4.31 Å². The lowest BCUT2D eigenvalue weighted by Crippen LogP contribution is -2.43. The van der Waals surface area contributed by atoms with E-state index >= 15 is 0 Å². The third-order valence-corrected chi connectivity index (χ3v) is 4.43. The number of β-amino-alcohol motifs (C(OH)–C–C–N with tert-alkyl or cyclic N) is 1. The Kier molecular flexibility index (Phi) is 4.98. The molecule has 0 aromatic carbocycles. The summed E-state index contributed by atoms with van der Waals surface area (Å²) in [5.41, 5.74) is 0. The number of nitrogens with zero attached hydrogens (tertiary/aromatic N) is 1. The zero-order valence-electron chi connectivity index (χ0n) is 9.05. The third kappa shape index (κ3) is 4.06. The first-order chi connectivity index (χ1) is 7.06. The van der Waals surface area contributed by atoms with E-state index in [1.165, 1.54) is 4.31 Å². The van der Waals surface area contributed by atoms with E-state index in [0.29, 0.717) is 26.0 Å². The predicted molar refractivity (Wildman–Crippen MR) is 57.1 cm³/mol. The summed E-state index contributed by atoms with van der Waals surface area (Å²) in [5, 5.41) is 9.38. The molecule has 1 fully saturated rings. The molecule has 0 saturated carbocycles. The van der Waals surface area contributed by atoms with Crippen LogP contribution in [-0.2, 0) is 14.8 Å². The van der Waals surface area contributed by atoms with Crippen LogP contribution in [0.5, 0.6) is 0 Å². The van der Waals surface area contributed by atoms with Crippen molar-refractivity contribution in [2.45, 2.75) is 25.4 Å². The number of aliphatic hydroxyl groups excluding tert-OH is 1. The Morgan fingerprint density at radius 1 is 1.53 bits per heavy atom. The van der Waals surface area contributed by atoms with Gasteiger partial charge in [-0.1, -0.05) is 0 Å². The van der Waals surface area contributed by atoms with Crippen molar-refractivity contribution in [3.63, 3.8) is 0 Å². The highest BCUT2D eigenvalue weighted by molar-refractivity contribution is 7.89. The molecular weight excluding hydrogens is 218 g/mol. The minimum Gasteiger partial charge on any atom is -0.392 e. The molecule has 0 spiro atoms. The molecule has 1 atom stereocenters. The Balaban J connectivity index is 2.45. The fraction of sp³-hybridized carbons (Fsp3) is 1.00. The van der Waals surface area contributed by atoms with E-state index in [9.17, 15) is 13.5 Å². The first-order valence-electron chi connectivity index (χ1n) is 5.21. The second-order valence-corrected chi connectivity index (χ2v) is 5.90. The molecule has 1 aliphatic heterocycles. The summed E-state index contributed by atoms with van der Waals surface area (Å²) in [6.45, 7) is 1.23. The Hall–Kier alpha value is -0.170. The van der Waals surface area contributed by atoms with Crippen molar-refractivity contribution in [3.8, 4) is 0 Å². The summed E-state index contributed by atoms with van der Waals surface area (Å²) >= 11 is 0. The van der Waals surface area contributed by atoms with Crippen molar-refractivity contribution in [3.05, 3.63) is 0 Å². The van der Waals surface area contributed by atoms with Crippen LogP contribution < -0.4 is 0 Å². The molecule has 6 heteroatoms. The number of ether oxygens (including phenoxy) is 1. The quantitative estimate of drug-likeness (QED) is 0.673. The van der Waals surface area contributed by atoms with E-state index < -0.39 is 16.1 Å². The van der Waals surface area contributed by atoms with Crippen molar-refractivity contribution in [2.75, 3.05) is 32.6 Å². The highest BCUT2D eigenvalue weighted by atomic mass is 32.2. The van der Waals surface area contributed by atoms with Gasteiger partial charge in [0.1, 0.15) is 0 Å². The van der Waals surface area contributed by atoms with Gasteiger partial charge in [0.15, 0.2) is 0 Å². The van der Waals surface area contributed by atoms with Gasteiger partial charge in [0, 0.05) is 26.8 Å². The van der Waals surface area contributed by atoms with E-state index in [4.69, 9.17) is 4.74 Å². The normalized spacial score (nSPS) is 24.3. The number of methoxy groups -OCH3 is 1. The Morgan fingerprint density at radius 3 is 2.87 bits per heavy atom. The minimum atomic E-state index is -3.20. The van der Waals surface area contributed by atoms with Crippen LogP contribution in [0.1, 0.15) is 19.3 Å². The molecule has 15 heavy (non-hydrogen) atoms. The molecule has 90 valence electrons. The molecule has 0 unspecified atom stereocenters. The topological polar surface area (TPSA) is 66.8 Å². The van der Waals surface area contributed by atoms with Crippen LogP contribution in [0.4, 0.5) is 0 Å². The highest BCUT2D eigenvalue weighted by Crippen LogP contribution is 2.14. The maximum atomic E-state index is 11.8. The zero-order valence-corrected chi connectivity index (χ0v) is 9.87. The van der Waals surface area contributed by atoms with Gasteiger partial charge in [-0.15, -0.1) is 0 Å². The number of hydrogen-bond donors (Lipinski definition) is 1. The van der Waals surface area contributed by atoms with Crippen LogP contribution >= 0.6 is 0 Å². The van der Waals surface area contributed by atoms with Gasteiger partial charge in [-0.3, -0.25) is 0 Å². The van der Waals surface area contributed by atoms with Crippen molar-refractivity contribution < 1.29 is 18.3 Å². The molecule has 0 radical (unpaired) electrons. The smallest absolute Gasteiger partial charge is 0.214 e. The van der Waals surface area contributed by atoms with Crippen molar-refractivity contribution in [1.29, 1.82) is 0 Å². The summed E-state index contributed by atoms with van der Waals surface area (Å²) in [6.07, 6.45) is 1.44. The second-order valence-electron chi connectivity index (χ2n) is 3.82. The number of sulfonamides is 1. The molecule has 1 heterocycles. The van der Waals surface area contributed by atoms with Gasteiger partial charge in [-0.2, -0.15) is 4.31 Å². The van der Waals surface area contributed by atoms with Gasteiger partial charge in [0.25, 0.3) is 0 Å². The summed E-state index contributed by atoms with van der Waals surface area (Å²) in [4.78, 5) is 0. The van der Waals surface area contributed by atoms with Gasteiger partial charge in [0.2, 0.25) is 10.0 Å². The zero-order chi connectivity index (χ0) is 11.3. The third-order valence-electron chi connectivity index (χ3n) is 2.50. The Morgan fingerprint density at radius 2 is 2.27 bits per heavy atom. The molecular formula is C9H19NO4S. The average molecular weight is 237 g/mol. The van der Waals surface area contributed by atoms with Crippen molar-refractivity contribution >= 4 is 10.0 Å². The Bertz CT molecular complexity index is 278. The lowest BCUT2D eigenvalue weighted by Gasteiger charge is -2.29. The first kappa shape index (κ1) is 12.9. The van der Waals surface area contributed by atoms with Gasteiger partial charge in [-0.25, -0.2) is 8.42 Å². The summed E-state index contributed by atoms with van der Waals surface area (Å²) in [5.74, 6) is 0.105. The molecule has 0 aliphatic carbocycles. The van der Waals surface area contributed by atoms with E-state index in [2.05, 4.69) is 0 Å². The van der Waals surface area contributed by atoms with Crippen LogP contribution in [0.15, 0.2) is 0 Å². The lowest BCUT2D eigenvalue weighted by molar-refractivity contribution is 0.108. The van der Waals surface area contributed by atoms with Crippen LogP contribution in [0.3, 0.4) is 0 Å². The average Bonchev–Trinajstić information content (AvgIpc) is 2.18. The standard InChI is InChI=1S/C9H19NO4S/c1-14-6-3-7-15(12,13)10-5-2-4-9(11)8-10/h9,11H,2-8H2,1H3/t9-/m0/s1. The molecule has 1 aliphatic rings. The molecule has 0 bridgehead atoms. The van der Waals surface area contributed by atoms with E-state index in [1.54, 1.807) is 7.11 Å². The van der Waals surface area contributed by atoms with Crippen LogP contribution in [0.25, 0.3) is 0 Å². The van der Waals surface area contributed by atoms with E-state index in [0.717, 1.165) is 6.42 Å². The first-order valence-corrected chi connectivity index (χ1v) is 6.82. The second kappa shape index (κ2) is 5.79. The van der Waals surface area contributed by atoms with Gasteiger partial charge >= 0.3 is 0 Å². The summed E-state index contributed by atoms with van der Waals surface area (Å²) in [7, 11) is -1.64. The number of piperidine rings is 1. The van der Waals surface area contributed by atoms with Crippen molar-refractivity contribution in [2.24, 2.45) is 0 Å². The number of rotatable bonds is 5. The van der Waals surface area contributed by atoms with Crippen LogP contribution in [-0.4, -0.2) is 56.5 Å². The molecule has 5 nitrogen and oxygen atoms in total. The molecule has 0 amide bonds. The predicted octanol–water partition coefficient (Wildman–Crippen LogP) is -0.191. The molecule has 1 saturated heterocycles. The summed E-state index contributed by atoms with van der Waals surface area (Å²) < 4.78 is 29.7. The highest BCUT2D eigenvalue weighted by Gasteiger charge is 2.27. The maximum absolute atomic E-state index is 11.8. The fourth-order valence-corrected chi connectivity index (χ4v) is 3.24. The number of aliphatic hydroxyl groups is 1. The largest absolute Gasteiger partial charge is 0.392 e. The molecule has 0 aromatic heterocycles. The maximum Gasteiger partial charge on any atom is 0.214 e. The Labute approximate surface area is 91.1 Å². The number of hydrogen-bond acceptors (Lipinski definition) is 4. The van der Waals surface area contributed by atoms with E-state index in [1.807, 2.05) is 0 Å². The minimum absolute atomic E-state index is 0.105. The lowest BCUT2D eigenvalue weighted by atomic mass is 10.1. The monoisotopic (exact) mass is 237 g/mol. The molecule has 0 aromatic rings. The SMILES string of the molecule is COCCCS(=O)(=O)N1CCC[C@H](O)C1. The fourth-order valence-electron chi connectivity index (χ4n) is 1.69. The van der Waals surface area contributed by atoms with Crippen LogP contribution in [0.2, 0.25) is 0 Å². The summed E-state index contributed by atoms with van der Waals surface area (Å²) in [6, 6.07) is 0.